The Hall–Kier alpha value is -1.30. The van der Waals surface area contributed by atoms with Gasteiger partial charge >= 0.3 is 12.0 Å². The lowest BCUT2D eigenvalue weighted by atomic mass is 10.1. The molecule has 0 atom stereocenters. The standard InChI is InChI=1S/C12H23N3O3/c1-3-13-12(17)15-7-5-10(6-8-15)14-9-11(16)18-4-2/h10,14H,3-9H2,1-2H3,(H,13,17). The first-order valence-electron chi connectivity index (χ1n) is 6.59. The van der Waals surface area contributed by atoms with E-state index in [1.54, 1.807) is 6.92 Å². The van der Waals surface area contributed by atoms with E-state index in [2.05, 4.69) is 10.6 Å². The molecule has 0 bridgehead atoms. The van der Waals surface area contributed by atoms with Crippen molar-refractivity contribution in [2.45, 2.75) is 32.7 Å². The second-order valence-corrected chi connectivity index (χ2v) is 4.28. The summed E-state index contributed by atoms with van der Waals surface area (Å²) >= 11 is 0. The number of carbonyl (C=O) groups is 2. The average molecular weight is 257 g/mol. The summed E-state index contributed by atoms with van der Waals surface area (Å²) in [6.07, 6.45) is 1.74. The molecule has 0 radical (unpaired) electrons. The van der Waals surface area contributed by atoms with Crippen LogP contribution in [0.5, 0.6) is 0 Å². The molecule has 1 fully saturated rings. The molecule has 2 N–H and O–H groups in total. The zero-order chi connectivity index (χ0) is 13.4. The van der Waals surface area contributed by atoms with E-state index in [0.29, 0.717) is 19.2 Å². The number of rotatable bonds is 5. The number of likely N-dealkylation sites (tertiary alicyclic amines) is 1. The van der Waals surface area contributed by atoms with Gasteiger partial charge in [0.1, 0.15) is 0 Å². The minimum atomic E-state index is -0.219. The van der Waals surface area contributed by atoms with Crippen molar-refractivity contribution in [3.05, 3.63) is 0 Å². The van der Waals surface area contributed by atoms with Gasteiger partial charge in [0.2, 0.25) is 0 Å². The Morgan fingerprint density at radius 1 is 1.28 bits per heavy atom. The van der Waals surface area contributed by atoms with Gasteiger partial charge in [-0.05, 0) is 26.7 Å². The monoisotopic (exact) mass is 257 g/mol. The van der Waals surface area contributed by atoms with Crippen LogP contribution in [0.2, 0.25) is 0 Å². The van der Waals surface area contributed by atoms with E-state index in [9.17, 15) is 9.59 Å². The molecule has 2 amide bonds. The Morgan fingerprint density at radius 3 is 2.50 bits per heavy atom. The third-order valence-electron chi connectivity index (χ3n) is 2.95. The molecule has 1 aliphatic heterocycles. The van der Waals surface area contributed by atoms with Crippen LogP contribution in [-0.4, -0.2) is 55.7 Å². The second kappa shape index (κ2) is 7.92. The lowest BCUT2D eigenvalue weighted by Gasteiger charge is -2.32. The van der Waals surface area contributed by atoms with Crippen LogP contribution in [-0.2, 0) is 9.53 Å². The third kappa shape index (κ3) is 4.91. The molecular formula is C12H23N3O3. The second-order valence-electron chi connectivity index (χ2n) is 4.28. The van der Waals surface area contributed by atoms with Crippen molar-refractivity contribution in [1.82, 2.24) is 15.5 Å². The Bertz CT molecular complexity index is 276. The Kier molecular flexibility index (Phi) is 6.49. The highest BCUT2D eigenvalue weighted by molar-refractivity contribution is 5.74. The Balaban J connectivity index is 2.19. The van der Waals surface area contributed by atoms with Crippen molar-refractivity contribution in [3.63, 3.8) is 0 Å². The number of nitrogens with one attached hydrogen (secondary N) is 2. The van der Waals surface area contributed by atoms with Gasteiger partial charge in [0.05, 0.1) is 13.2 Å². The number of hydrogen-bond donors (Lipinski definition) is 2. The molecule has 1 rings (SSSR count). The molecule has 0 aromatic heterocycles. The number of carbonyl (C=O) groups excluding carboxylic acids is 2. The van der Waals surface area contributed by atoms with Crippen LogP contribution in [0.25, 0.3) is 0 Å². The first kappa shape index (κ1) is 14.8. The van der Waals surface area contributed by atoms with Gasteiger partial charge in [-0.3, -0.25) is 4.79 Å². The van der Waals surface area contributed by atoms with Crippen LogP contribution in [0.4, 0.5) is 4.79 Å². The summed E-state index contributed by atoms with van der Waals surface area (Å²) in [5, 5.41) is 5.95. The number of piperidine rings is 1. The molecule has 1 saturated heterocycles. The zero-order valence-corrected chi connectivity index (χ0v) is 11.2. The van der Waals surface area contributed by atoms with Crippen molar-refractivity contribution in [2.24, 2.45) is 0 Å². The van der Waals surface area contributed by atoms with E-state index in [1.807, 2.05) is 11.8 Å². The minimum absolute atomic E-state index is 0.00124. The molecule has 1 heterocycles. The first-order chi connectivity index (χ1) is 8.67. The highest BCUT2D eigenvalue weighted by atomic mass is 16.5. The van der Waals surface area contributed by atoms with Crippen molar-refractivity contribution in [1.29, 1.82) is 0 Å². The molecule has 0 saturated carbocycles. The Labute approximate surface area is 108 Å². The first-order valence-corrected chi connectivity index (χ1v) is 6.59. The van der Waals surface area contributed by atoms with Crippen LogP contribution >= 0.6 is 0 Å². The molecule has 0 spiro atoms. The van der Waals surface area contributed by atoms with E-state index >= 15 is 0 Å². The molecule has 0 aliphatic carbocycles. The van der Waals surface area contributed by atoms with Crippen LogP contribution in [0, 0.1) is 0 Å². The van der Waals surface area contributed by atoms with Gasteiger partial charge < -0.3 is 20.3 Å². The SMILES string of the molecule is CCNC(=O)N1CCC(NCC(=O)OCC)CC1. The van der Waals surface area contributed by atoms with Crippen molar-refractivity contribution >= 4 is 12.0 Å². The van der Waals surface area contributed by atoms with Gasteiger partial charge in [-0.15, -0.1) is 0 Å². The highest BCUT2D eigenvalue weighted by Crippen LogP contribution is 2.10. The van der Waals surface area contributed by atoms with Gasteiger partial charge in [-0.25, -0.2) is 4.79 Å². The summed E-state index contributed by atoms with van der Waals surface area (Å²) in [7, 11) is 0. The number of amides is 2. The van der Waals surface area contributed by atoms with Gasteiger partial charge in [-0.1, -0.05) is 0 Å². The molecule has 1 aliphatic rings. The maximum Gasteiger partial charge on any atom is 0.319 e. The summed E-state index contributed by atoms with van der Waals surface area (Å²) in [6.45, 7) is 6.47. The maximum absolute atomic E-state index is 11.6. The van der Waals surface area contributed by atoms with Crippen LogP contribution in [0.1, 0.15) is 26.7 Å². The van der Waals surface area contributed by atoms with Crippen LogP contribution in [0.3, 0.4) is 0 Å². The minimum Gasteiger partial charge on any atom is -0.465 e. The van der Waals surface area contributed by atoms with Gasteiger partial charge in [0.25, 0.3) is 0 Å². The predicted octanol–water partition coefficient (Wildman–Crippen LogP) is 0.333. The third-order valence-corrected chi connectivity index (χ3v) is 2.95. The lowest BCUT2D eigenvalue weighted by Crippen LogP contribution is -2.49. The quantitative estimate of drug-likeness (QED) is 0.696. The highest BCUT2D eigenvalue weighted by Gasteiger charge is 2.22. The molecule has 104 valence electrons. The number of ether oxygens (including phenoxy) is 1. The summed E-state index contributed by atoms with van der Waals surface area (Å²) < 4.78 is 4.85. The fourth-order valence-electron chi connectivity index (χ4n) is 1.99. The number of hydrogen-bond acceptors (Lipinski definition) is 4. The Morgan fingerprint density at radius 2 is 1.94 bits per heavy atom. The topological polar surface area (TPSA) is 70.7 Å². The zero-order valence-electron chi connectivity index (χ0n) is 11.2. The maximum atomic E-state index is 11.6. The summed E-state index contributed by atoms with van der Waals surface area (Å²) in [5.74, 6) is -0.219. The lowest BCUT2D eigenvalue weighted by molar-refractivity contribution is -0.142. The largest absolute Gasteiger partial charge is 0.465 e. The summed E-state index contributed by atoms with van der Waals surface area (Å²) in [4.78, 5) is 24.6. The summed E-state index contributed by atoms with van der Waals surface area (Å²) in [6, 6.07) is 0.293. The number of urea groups is 1. The van der Waals surface area contributed by atoms with Crippen LogP contribution < -0.4 is 10.6 Å². The smallest absolute Gasteiger partial charge is 0.319 e. The van der Waals surface area contributed by atoms with E-state index in [4.69, 9.17) is 4.74 Å². The van der Waals surface area contributed by atoms with Gasteiger partial charge in [0, 0.05) is 25.7 Å². The van der Waals surface area contributed by atoms with E-state index < -0.39 is 0 Å². The van der Waals surface area contributed by atoms with Gasteiger partial charge in [-0.2, -0.15) is 0 Å². The number of esters is 1. The molecular weight excluding hydrogens is 234 g/mol. The van der Waals surface area contributed by atoms with Crippen molar-refractivity contribution < 1.29 is 14.3 Å². The fraction of sp³-hybridized carbons (Fsp3) is 0.833. The molecule has 0 aromatic rings. The molecule has 0 aromatic carbocycles. The van der Waals surface area contributed by atoms with Gasteiger partial charge in [0.15, 0.2) is 0 Å². The van der Waals surface area contributed by atoms with E-state index in [-0.39, 0.29) is 18.5 Å². The van der Waals surface area contributed by atoms with E-state index in [1.165, 1.54) is 0 Å². The van der Waals surface area contributed by atoms with E-state index in [0.717, 1.165) is 25.9 Å². The normalized spacial score (nSPS) is 16.4. The number of nitrogens with zero attached hydrogens (tertiary/aromatic N) is 1. The average Bonchev–Trinajstić information content (AvgIpc) is 2.37. The molecule has 6 heteroatoms. The summed E-state index contributed by atoms with van der Waals surface area (Å²) in [5.41, 5.74) is 0. The van der Waals surface area contributed by atoms with Crippen LogP contribution in [0.15, 0.2) is 0 Å². The molecule has 18 heavy (non-hydrogen) atoms. The predicted molar refractivity (Wildman–Crippen MR) is 68.3 cm³/mol. The molecule has 0 unspecified atom stereocenters. The van der Waals surface area contributed by atoms with Crippen molar-refractivity contribution in [3.8, 4) is 0 Å². The van der Waals surface area contributed by atoms with Crippen molar-refractivity contribution in [2.75, 3.05) is 32.8 Å². The fourth-order valence-corrected chi connectivity index (χ4v) is 1.99. The molecule has 6 nitrogen and oxygen atoms in total.